The Hall–Kier alpha value is -2.35. The van der Waals surface area contributed by atoms with E-state index in [-0.39, 0.29) is 5.78 Å². The molecule has 0 aliphatic carbocycles. The molecule has 0 radical (unpaired) electrons. The van der Waals surface area contributed by atoms with Gasteiger partial charge in [-0.05, 0) is 48.7 Å². The van der Waals surface area contributed by atoms with Gasteiger partial charge >= 0.3 is 0 Å². The quantitative estimate of drug-likeness (QED) is 0.493. The first-order valence-electron chi connectivity index (χ1n) is 8.37. The van der Waals surface area contributed by atoms with Crippen molar-refractivity contribution in [1.29, 1.82) is 0 Å². The van der Waals surface area contributed by atoms with Gasteiger partial charge in [-0.15, -0.1) is 0 Å². The van der Waals surface area contributed by atoms with Crippen LogP contribution in [0.25, 0.3) is 6.08 Å². The van der Waals surface area contributed by atoms with Crippen LogP contribution in [0.3, 0.4) is 0 Å². The molecule has 0 saturated heterocycles. The van der Waals surface area contributed by atoms with Gasteiger partial charge in [-0.2, -0.15) is 0 Å². The van der Waals surface area contributed by atoms with E-state index in [2.05, 4.69) is 30.9 Å². The molecule has 0 spiro atoms. The summed E-state index contributed by atoms with van der Waals surface area (Å²) in [5, 5.41) is 0. The summed E-state index contributed by atoms with van der Waals surface area (Å²) in [6, 6.07) is 17.8. The molecular formula is C21H25NO. The highest BCUT2D eigenvalue weighted by Crippen LogP contribution is 2.17. The molecule has 0 fully saturated rings. The van der Waals surface area contributed by atoms with Crippen LogP contribution in [0, 0.1) is 0 Å². The van der Waals surface area contributed by atoms with Gasteiger partial charge in [-0.25, -0.2) is 0 Å². The molecule has 23 heavy (non-hydrogen) atoms. The molecule has 0 unspecified atom stereocenters. The third-order valence-electron chi connectivity index (χ3n) is 3.73. The van der Waals surface area contributed by atoms with Crippen LogP contribution in [0.2, 0.25) is 0 Å². The van der Waals surface area contributed by atoms with Crippen molar-refractivity contribution in [3.8, 4) is 0 Å². The average Bonchev–Trinajstić information content (AvgIpc) is 2.60. The number of hydrogen-bond donors (Lipinski definition) is 0. The molecule has 0 bridgehead atoms. The van der Waals surface area contributed by atoms with E-state index in [1.54, 1.807) is 6.08 Å². The molecule has 0 amide bonds. The molecular weight excluding hydrogens is 282 g/mol. The van der Waals surface area contributed by atoms with Crippen molar-refractivity contribution in [1.82, 2.24) is 0 Å². The van der Waals surface area contributed by atoms with E-state index in [0.717, 1.165) is 37.1 Å². The van der Waals surface area contributed by atoms with Gasteiger partial charge in [-0.1, -0.05) is 50.3 Å². The molecule has 0 saturated carbocycles. The lowest BCUT2D eigenvalue weighted by Crippen LogP contribution is -2.24. The monoisotopic (exact) mass is 307 g/mol. The van der Waals surface area contributed by atoms with Gasteiger partial charge in [0.15, 0.2) is 5.78 Å². The molecule has 2 aromatic carbocycles. The zero-order valence-corrected chi connectivity index (χ0v) is 14.0. The topological polar surface area (TPSA) is 20.3 Å². The fourth-order valence-electron chi connectivity index (χ4n) is 2.58. The highest BCUT2D eigenvalue weighted by atomic mass is 16.1. The first kappa shape index (κ1) is 17.0. The smallest absolute Gasteiger partial charge is 0.185 e. The Morgan fingerprint density at radius 1 is 0.913 bits per heavy atom. The fraction of sp³-hybridized carbons (Fsp3) is 0.286. The Labute approximate surface area is 139 Å². The van der Waals surface area contributed by atoms with Gasteiger partial charge in [0.25, 0.3) is 0 Å². The molecule has 0 N–H and O–H groups in total. The van der Waals surface area contributed by atoms with E-state index >= 15 is 0 Å². The molecule has 2 nitrogen and oxygen atoms in total. The summed E-state index contributed by atoms with van der Waals surface area (Å²) in [7, 11) is 0. The number of hydrogen-bond acceptors (Lipinski definition) is 2. The standard InChI is InChI=1S/C21H25NO/c1-3-16-22(17-4-2)20-13-11-19(12-14-20)21(23)15-10-18-8-6-5-7-9-18/h5-15H,3-4,16-17H2,1-2H3/b15-10+. The van der Waals surface area contributed by atoms with Crippen LogP contribution in [-0.2, 0) is 0 Å². The van der Waals surface area contributed by atoms with E-state index in [9.17, 15) is 4.79 Å². The number of rotatable bonds is 8. The minimum atomic E-state index is 0.0398. The Morgan fingerprint density at radius 3 is 2.09 bits per heavy atom. The molecule has 0 heterocycles. The lowest BCUT2D eigenvalue weighted by molar-refractivity contribution is 0.104. The van der Waals surface area contributed by atoms with Gasteiger partial charge < -0.3 is 4.90 Å². The van der Waals surface area contributed by atoms with Crippen molar-refractivity contribution in [3.63, 3.8) is 0 Å². The SMILES string of the molecule is CCCN(CCC)c1ccc(C(=O)/C=C/c2ccccc2)cc1. The summed E-state index contributed by atoms with van der Waals surface area (Å²) >= 11 is 0. The maximum atomic E-state index is 12.3. The summed E-state index contributed by atoms with van der Waals surface area (Å²) in [5.41, 5.74) is 2.96. The van der Waals surface area contributed by atoms with Crippen molar-refractivity contribution in [2.24, 2.45) is 0 Å². The van der Waals surface area contributed by atoms with Gasteiger partial charge in [-0.3, -0.25) is 4.79 Å². The summed E-state index contributed by atoms with van der Waals surface area (Å²) in [4.78, 5) is 14.6. The molecule has 120 valence electrons. The Bertz CT molecular complexity index is 623. The molecule has 0 aromatic heterocycles. The largest absolute Gasteiger partial charge is 0.372 e. The minimum absolute atomic E-state index is 0.0398. The van der Waals surface area contributed by atoms with Crippen LogP contribution in [0.5, 0.6) is 0 Å². The van der Waals surface area contributed by atoms with E-state index in [1.165, 1.54) is 5.69 Å². The van der Waals surface area contributed by atoms with Crippen molar-refractivity contribution < 1.29 is 4.79 Å². The van der Waals surface area contributed by atoms with Gasteiger partial charge in [0, 0.05) is 24.3 Å². The highest BCUT2D eigenvalue weighted by Gasteiger charge is 2.06. The normalized spacial score (nSPS) is 10.9. The number of anilines is 1. The minimum Gasteiger partial charge on any atom is -0.372 e. The number of allylic oxidation sites excluding steroid dienone is 1. The summed E-state index contributed by atoms with van der Waals surface area (Å²) in [5.74, 6) is 0.0398. The number of ketones is 1. The van der Waals surface area contributed by atoms with Crippen LogP contribution in [0.15, 0.2) is 60.7 Å². The second-order valence-electron chi connectivity index (χ2n) is 5.64. The summed E-state index contributed by atoms with van der Waals surface area (Å²) in [6.07, 6.45) is 5.75. The number of carbonyl (C=O) groups is 1. The third kappa shape index (κ3) is 5.10. The van der Waals surface area contributed by atoms with Gasteiger partial charge in [0.05, 0.1) is 0 Å². The van der Waals surface area contributed by atoms with Crippen LogP contribution >= 0.6 is 0 Å². The Kier molecular flexibility index (Phi) is 6.61. The molecule has 0 aliphatic heterocycles. The zero-order chi connectivity index (χ0) is 16.5. The predicted molar refractivity (Wildman–Crippen MR) is 99.0 cm³/mol. The van der Waals surface area contributed by atoms with Crippen molar-refractivity contribution >= 4 is 17.5 Å². The van der Waals surface area contributed by atoms with Crippen LogP contribution in [0.4, 0.5) is 5.69 Å². The highest BCUT2D eigenvalue weighted by molar-refractivity contribution is 6.06. The number of nitrogens with zero attached hydrogens (tertiary/aromatic N) is 1. The van der Waals surface area contributed by atoms with Crippen molar-refractivity contribution in [2.75, 3.05) is 18.0 Å². The Morgan fingerprint density at radius 2 is 1.52 bits per heavy atom. The lowest BCUT2D eigenvalue weighted by Gasteiger charge is -2.23. The van der Waals surface area contributed by atoms with Crippen LogP contribution in [0.1, 0.15) is 42.6 Å². The maximum absolute atomic E-state index is 12.3. The van der Waals surface area contributed by atoms with Crippen molar-refractivity contribution in [2.45, 2.75) is 26.7 Å². The van der Waals surface area contributed by atoms with Crippen molar-refractivity contribution in [3.05, 3.63) is 71.8 Å². The zero-order valence-electron chi connectivity index (χ0n) is 14.0. The number of carbonyl (C=O) groups excluding carboxylic acids is 1. The average molecular weight is 307 g/mol. The fourth-order valence-corrected chi connectivity index (χ4v) is 2.58. The van der Waals surface area contributed by atoms with E-state index in [0.29, 0.717) is 0 Å². The second-order valence-corrected chi connectivity index (χ2v) is 5.64. The third-order valence-corrected chi connectivity index (χ3v) is 3.73. The second kappa shape index (κ2) is 8.94. The molecule has 2 rings (SSSR count). The van der Waals surface area contributed by atoms with E-state index in [1.807, 2.05) is 48.5 Å². The number of benzene rings is 2. The Balaban J connectivity index is 2.06. The van der Waals surface area contributed by atoms with Crippen LogP contribution < -0.4 is 4.90 Å². The summed E-state index contributed by atoms with van der Waals surface area (Å²) in [6.45, 7) is 6.48. The van der Waals surface area contributed by atoms with Crippen LogP contribution in [-0.4, -0.2) is 18.9 Å². The van der Waals surface area contributed by atoms with E-state index in [4.69, 9.17) is 0 Å². The first-order chi connectivity index (χ1) is 11.2. The first-order valence-corrected chi connectivity index (χ1v) is 8.37. The van der Waals surface area contributed by atoms with Gasteiger partial charge in [0.2, 0.25) is 0 Å². The molecule has 0 atom stereocenters. The van der Waals surface area contributed by atoms with E-state index < -0.39 is 0 Å². The maximum Gasteiger partial charge on any atom is 0.185 e. The molecule has 2 aromatic rings. The van der Waals surface area contributed by atoms with Gasteiger partial charge in [0.1, 0.15) is 0 Å². The summed E-state index contributed by atoms with van der Waals surface area (Å²) < 4.78 is 0. The predicted octanol–water partition coefficient (Wildman–Crippen LogP) is 5.21. The lowest BCUT2D eigenvalue weighted by atomic mass is 10.1. The molecule has 0 aliphatic rings. The molecule has 2 heteroatoms.